The molecule has 29 heavy (non-hydrogen) atoms. The molecule has 1 unspecified atom stereocenters. The molecule has 0 aromatic heterocycles. The average Bonchev–Trinajstić information content (AvgIpc) is 2.85. The second-order valence-corrected chi connectivity index (χ2v) is 10.5. The van der Waals surface area contributed by atoms with Crippen LogP contribution < -0.4 is 10.8 Å². The Morgan fingerprint density at radius 1 is 0.897 bits per heavy atom. The Balaban J connectivity index is 1.74. The van der Waals surface area contributed by atoms with E-state index < -0.39 is 0 Å². The Morgan fingerprint density at radius 2 is 1.55 bits per heavy atom. The lowest BCUT2D eigenvalue weighted by Gasteiger charge is -2.39. The van der Waals surface area contributed by atoms with Gasteiger partial charge >= 0.3 is 7.12 Å². The SMILES string of the molecule is CC1(C)NCC(c2ccc(Cl)c(Cl)c2)c2ccc(B3OC(C)(C)C(C)(C)O3)cc21. The van der Waals surface area contributed by atoms with E-state index in [1.807, 2.05) is 12.1 Å². The molecule has 2 aromatic rings. The molecule has 154 valence electrons. The van der Waals surface area contributed by atoms with Crippen molar-refractivity contribution in [1.29, 1.82) is 0 Å². The summed E-state index contributed by atoms with van der Waals surface area (Å²) in [6, 6.07) is 12.5. The molecule has 0 radical (unpaired) electrons. The first-order valence-electron chi connectivity index (χ1n) is 10.1. The number of rotatable bonds is 2. The van der Waals surface area contributed by atoms with Crippen molar-refractivity contribution < 1.29 is 9.31 Å². The van der Waals surface area contributed by atoms with Gasteiger partial charge in [-0.25, -0.2) is 0 Å². The topological polar surface area (TPSA) is 30.5 Å². The van der Waals surface area contributed by atoms with Crippen molar-refractivity contribution in [2.75, 3.05) is 6.54 Å². The van der Waals surface area contributed by atoms with Crippen molar-refractivity contribution in [3.05, 3.63) is 63.1 Å². The Hall–Kier alpha value is -1.04. The molecule has 4 rings (SSSR count). The molecule has 3 nitrogen and oxygen atoms in total. The van der Waals surface area contributed by atoms with Gasteiger partial charge in [0.15, 0.2) is 0 Å². The number of fused-ring (bicyclic) bond motifs is 1. The molecule has 2 aliphatic rings. The van der Waals surface area contributed by atoms with Crippen LogP contribution in [0.4, 0.5) is 0 Å². The molecule has 0 spiro atoms. The van der Waals surface area contributed by atoms with Crippen molar-refractivity contribution in [3.63, 3.8) is 0 Å². The van der Waals surface area contributed by atoms with Crippen LogP contribution in [0.3, 0.4) is 0 Å². The van der Waals surface area contributed by atoms with E-state index >= 15 is 0 Å². The van der Waals surface area contributed by atoms with E-state index in [1.165, 1.54) is 11.1 Å². The molecule has 2 aromatic carbocycles. The van der Waals surface area contributed by atoms with Crippen LogP contribution in [0.1, 0.15) is 64.2 Å². The van der Waals surface area contributed by atoms with Crippen LogP contribution >= 0.6 is 23.2 Å². The third-order valence-corrected chi connectivity index (χ3v) is 7.48. The first-order chi connectivity index (χ1) is 13.4. The third-order valence-electron chi connectivity index (χ3n) is 6.75. The zero-order valence-electron chi connectivity index (χ0n) is 17.9. The maximum Gasteiger partial charge on any atom is 0.494 e. The van der Waals surface area contributed by atoms with Crippen molar-refractivity contribution in [2.24, 2.45) is 0 Å². The van der Waals surface area contributed by atoms with E-state index in [0.29, 0.717) is 10.0 Å². The third kappa shape index (κ3) is 3.64. The van der Waals surface area contributed by atoms with Gasteiger partial charge in [-0.15, -0.1) is 0 Å². The monoisotopic (exact) mass is 431 g/mol. The highest BCUT2D eigenvalue weighted by molar-refractivity contribution is 6.62. The van der Waals surface area contributed by atoms with Gasteiger partial charge in [-0.1, -0.05) is 47.5 Å². The predicted molar refractivity (Wildman–Crippen MR) is 121 cm³/mol. The number of nitrogens with one attached hydrogen (secondary N) is 1. The maximum atomic E-state index is 6.30. The summed E-state index contributed by atoms with van der Waals surface area (Å²) in [6.45, 7) is 13.6. The zero-order chi connectivity index (χ0) is 21.2. The molecule has 1 saturated heterocycles. The van der Waals surface area contributed by atoms with Crippen LogP contribution in [0, 0.1) is 0 Å². The molecule has 0 saturated carbocycles. The Morgan fingerprint density at radius 3 is 2.17 bits per heavy atom. The summed E-state index contributed by atoms with van der Waals surface area (Å²) in [6.07, 6.45) is 0. The van der Waals surface area contributed by atoms with Crippen LogP contribution in [-0.4, -0.2) is 24.9 Å². The highest BCUT2D eigenvalue weighted by Gasteiger charge is 2.52. The van der Waals surface area contributed by atoms with Crippen molar-refractivity contribution >= 4 is 35.8 Å². The second-order valence-electron chi connectivity index (χ2n) is 9.67. The summed E-state index contributed by atoms with van der Waals surface area (Å²) < 4.78 is 12.5. The van der Waals surface area contributed by atoms with Crippen LogP contribution in [0.5, 0.6) is 0 Å². The Bertz CT molecular complexity index is 942. The van der Waals surface area contributed by atoms with Gasteiger partial charge in [-0.2, -0.15) is 0 Å². The van der Waals surface area contributed by atoms with Gasteiger partial charge in [0.1, 0.15) is 0 Å². The van der Waals surface area contributed by atoms with Gasteiger partial charge in [0.25, 0.3) is 0 Å². The van der Waals surface area contributed by atoms with Gasteiger partial charge in [-0.05, 0) is 75.8 Å². The normalized spacial score (nSPS) is 24.4. The second kappa shape index (κ2) is 7.00. The molecule has 1 N–H and O–H groups in total. The molecular weight excluding hydrogens is 404 g/mol. The first-order valence-corrected chi connectivity index (χ1v) is 10.9. The van der Waals surface area contributed by atoms with E-state index in [-0.39, 0.29) is 29.8 Å². The first kappa shape index (κ1) is 21.2. The summed E-state index contributed by atoms with van der Waals surface area (Å²) in [5, 5.41) is 4.86. The van der Waals surface area contributed by atoms with Crippen molar-refractivity contribution in [3.8, 4) is 0 Å². The molecular formula is C23H28BCl2NO2. The van der Waals surface area contributed by atoms with Crippen LogP contribution in [0.15, 0.2) is 36.4 Å². The summed E-state index contributed by atoms with van der Waals surface area (Å²) in [5.74, 6) is 0.208. The molecule has 1 atom stereocenters. The van der Waals surface area contributed by atoms with E-state index in [2.05, 4.69) is 71.1 Å². The van der Waals surface area contributed by atoms with Gasteiger partial charge in [0.2, 0.25) is 0 Å². The minimum Gasteiger partial charge on any atom is -0.399 e. The number of halogens is 2. The molecule has 2 aliphatic heterocycles. The lowest BCUT2D eigenvalue weighted by atomic mass is 9.71. The number of hydrogen-bond acceptors (Lipinski definition) is 3. The van der Waals surface area contributed by atoms with Crippen LogP contribution in [-0.2, 0) is 14.8 Å². The lowest BCUT2D eigenvalue weighted by molar-refractivity contribution is 0.00578. The minimum absolute atomic E-state index is 0.151. The maximum absolute atomic E-state index is 6.30. The summed E-state index contributed by atoms with van der Waals surface area (Å²) >= 11 is 12.4. The number of benzene rings is 2. The van der Waals surface area contributed by atoms with Crippen LogP contribution in [0.2, 0.25) is 10.0 Å². The minimum atomic E-state index is -0.369. The summed E-state index contributed by atoms with van der Waals surface area (Å²) in [5.41, 5.74) is 3.90. The molecule has 0 bridgehead atoms. The summed E-state index contributed by atoms with van der Waals surface area (Å²) in [4.78, 5) is 0. The summed E-state index contributed by atoms with van der Waals surface area (Å²) in [7, 11) is -0.369. The van der Waals surface area contributed by atoms with Crippen molar-refractivity contribution in [2.45, 2.75) is 64.2 Å². The standard InChI is InChI=1S/C23H28BCl2NO2/c1-21(2)18-12-15(24-28-22(3,4)23(5,6)29-24)8-9-16(18)17(13-27-21)14-7-10-19(25)20(26)11-14/h7-12,17,27H,13H2,1-6H3. The molecule has 6 heteroatoms. The van der Waals surface area contributed by atoms with E-state index in [1.54, 1.807) is 0 Å². The van der Waals surface area contributed by atoms with Gasteiger partial charge in [0, 0.05) is 18.0 Å². The smallest absolute Gasteiger partial charge is 0.399 e. The van der Waals surface area contributed by atoms with Crippen molar-refractivity contribution in [1.82, 2.24) is 5.32 Å². The fourth-order valence-electron chi connectivity index (χ4n) is 4.13. The average molecular weight is 432 g/mol. The van der Waals surface area contributed by atoms with E-state index in [0.717, 1.165) is 17.6 Å². The van der Waals surface area contributed by atoms with E-state index in [4.69, 9.17) is 32.5 Å². The fraction of sp³-hybridized carbons (Fsp3) is 0.478. The van der Waals surface area contributed by atoms with E-state index in [9.17, 15) is 0 Å². The quantitative estimate of drug-likeness (QED) is 0.657. The number of hydrogen-bond donors (Lipinski definition) is 1. The molecule has 2 heterocycles. The Labute approximate surface area is 184 Å². The lowest BCUT2D eigenvalue weighted by Crippen LogP contribution is -2.46. The highest BCUT2D eigenvalue weighted by atomic mass is 35.5. The zero-order valence-corrected chi connectivity index (χ0v) is 19.4. The highest BCUT2D eigenvalue weighted by Crippen LogP contribution is 2.40. The predicted octanol–water partition coefficient (Wildman–Crippen LogP) is 5.26. The van der Waals surface area contributed by atoms with Crippen LogP contribution in [0.25, 0.3) is 0 Å². The molecule has 0 aliphatic carbocycles. The molecule has 1 fully saturated rings. The Kier molecular flexibility index (Phi) is 5.12. The fourth-order valence-corrected chi connectivity index (χ4v) is 4.44. The van der Waals surface area contributed by atoms with Gasteiger partial charge in [-0.3, -0.25) is 0 Å². The molecule has 0 amide bonds. The largest absolute Gasteiger partial charge is 0.494 e. The van der Waals surface area contributed by atoms with Gasteiger partial charge < -0.3 is 14.6 Å². The van der Waals surface area contributed by atoms with Gasteiger partial charge in [0.05, 0.1) is 21.2 Å².